The van der Waals surface area contributed by atoms with Crippen molar-refractivity contribution in [1.82, 2.24) is 4.98 Å². The minimum absolute atomic E-state index is 0.0579. The largest absolute Gasteiger partial charge is 0.489 e. The lowest BCUT2D eigenvalue weighted by Crippen LogP contribution is -2.13. The number of nitrogens with zero attached hydrogens (tertiary/aromatic N) is 1. The molecule has 2 rings (SSSR count). The van der Waals surface area contributed by atoms with E-state index >= 15 is 0 Å². The van der Waals surface area contributed by atoms with Crippen LogP contribution < -0.4 is 10.5 Å². The zero-order chi connectivity index (χ0) is 14.8. The highest BCUT2D eigenvalue weighted by Gasteiger charge is 2.19. The summed E-state index contributed by atoms with van der Waals surface area (Å²) in [5.74, 6) is 1.47. The van der Waals surface area contributed by atoms with E-state index in [1.54, 1.807) is 12.3 Å². The average molecular weight is 270 g/mol. The number of nitrogen functional groups attached to an aromatic ring is 1. The molecular formula is C17H22N2O. The first-order valence-corrected chi connectivity index (χ1v) is 6.80. The number of anilines is 1. The Morgan fingerprint density at radius 1 is 1.15 bits per heavy atom. The minimum atomic E-state index is 0.0579. The normalized spacial score (nSPS) is 11.4. The molecule has 1 aromatic carbocycles. The molecule has 0 amide bonds. The van der Waals surface area contributed by atoms with Gasteiger partial charge in [-0.1, -0.05) is 39.0 Å². The highest BCUT2D eigenvalue weighted by Crippen LogP contribution is 2.32. The fourth-order valence-corrected chi connectivity index (χ4v) is 2.05. The topological polar surface area (TPSA) is 48.1 Å². The summed E-state index contributed by atoms with van der Waals surface area (Å²) >= 11 is 0. The van der Waals surface area contributed by atoms with E-state index in [0.29, 0.717) is 12.4 Å². The lowest BCUT2D eigenvalue weighted by atomic mass is 9.86. The fraction of sp³-hybridized carbons (Fsp3) is 0.353. The van der Waals surface area contributed by atoms with Crippen LogP contribution >= 0.6 is 0 Å². The van der Waals surface area contributed by atoms with Gasteiger partial charge in [0.05, 0.1) is 0 Å². The molecule has 0 saturated carbocycles. The van der Waals surface area contributed by atoms with Crippen LogP contribution in [-0.4, -0.2) is 4.98 Å². The number of hydrogen-bond acceptors (Lipinski definition) is 3. The molecule has 0 bridgehead atoms. The number of ether oxygens (including phenoxy) is 1. The molecule has 0 saturated heterocycles. The molecule has 0 aliphatic heterocycles. The number of nitrogens with two attached hydrogens (primary N) is 1. The van der Waals surface area contributed by atoms with Gasteiger partial charge in [-0.3, -0.25) is 0 Å². The van der Waals surface area contributed by atoms with Crippen LogP contribution in [0.15, 0.2) is 36.5 Å². The van der Waals surface area contributed by atoms with Crippen molar-refractivity contribution in [2.45, 2.75) is 39.7 Å². The fourth-order valence-electron chi connectivity index (χ4n) is 2.05. The average Bonchev–Trinajstić information content (AvgIpc) is 2.36. The molecular weight excluding hydrogens is 248 g/mol. The van der Waals surface area contributed by atoms with Crippen molar-refractivity contribution in [2.24, 2.45) is 0 Å². The van der Waals surface area contributed by atoms with Crippen LogP contribution in [0.2, 0.25) is 0 Å². The molecule has 3 nitrogen and oxygen atoms in total. The Balaban J connectivity index is 2.20. The predicted octanol–water partition coefficient (Wildman–Crippen LogP) is 3.85. The molecule has 0 fully saturated rings. The van der Waals surface area contributed by atoms with Crippen LogP contribution in [0, 0.1) is 6.92 Å². The standard InChI is InChI=1S/C17H22N2O/c1-12-5-7-14(17(2,3)4)15(9-12)20-11-13-6-8-16(18)19-10-13/h5-10H,11H2,1-4H3,(H2,18,19). The maximum absolute atomic E-state index is 5.99. The van der Waals surface area contributed by atoms with Crippen molar-refractivity contribution >= 4 is 5.82 Å². The van der Waals surface area contributed by atoms with E-state index in [1.165, 1.54) is 11.1 Å². The second kappa shape index (κ2) is 5.53. The van der Waals surface area contributed by atoms with E-state index in [1.807, 2.05) is 6.07 Å². The Hall–Kier alpha value is -2.03. The van der Waals surface area contributed by atoms with Crippen LogP contribution in [0.3, 0.4) is 0 Å². The quantitative estimate of drug-likeness (QED) is 0.921. The second-order valence-corrected chi connectivity index (χ2v) is 6.13. The Kier molecular flexibility index (Phi) is 3.98. The van der Waals surface area contributed by atoms with Gasteiger partial charge >= 0.3 is 0 Å². The molecule has 2 aromatic rings. The van der Waals surface area contributed by atoms with E-state index in [9.17, 15) is 0 Å². The number of benzene rings is 1. The number of rotatable bonds is 3. The van der Waals surface area contributed by atoms with Gasteiger partial charge in [0.1, 0.15) is 18.2 Å². The van der Waals surface area contributed by atoms with Crippen molar-refractivity contribution < 1.29 is 4.74 Å². The van der Waals surface area contributed by atoms with Gasteiger partial charge in [0.25, 0.3) is 0 Å². The maximum Gasteiger partial charge on any atom is 0.123 e. The molecule has 0 atom stereocenters. The van der Waals surface area contributed by atoms with E-state index in [4.69, 9.17) is 10.5 Å². The summed E-state index contributed by atoms with van der Waals surface area (Å²) in [7, 11) is 0. The summed E-state index contributed by atoms with van der Waals surface area (Å²) in [5, 5.41) is 0. The SMILES string of the molecule is Cc1ccc(C(C)(C)C)c(OCc2ccc(N)nc2)c1. The number of aryl methyl sites for hydroxylation is 1. The van der Waals surface area contributed by atoms with Gasteiger partial charge in [0, 0.05) is 11.8 Å². The third kappa shape index (κ3) is 3.50. The first-order valence-electron chi connectivity index (χ1n) is 6.80. The molecule has 0 aliphatic carbocycles. The van der Waals surface area contributed by atoms with Gasteiger partial charge in [0.2, 0.25) is 0 Å². The zero-order valence-electron chi connectivity index (χ0n) is 12.6. The Bertz CT molecular complexity index is 583. The van der Waals surface area contributed by atoms with Crippen molar-refractivity contribution in [3.8, 4) is 5.75 Å². The van der Waals surface area contributed by atoms with Crippen LogP contribution in [0.5, 0.6) is 5.75 Å². The lowest BCUT2D eigenvalue weighted by molar-refractivity contribution is 0.297. The van der Waals surface area contributed by atoms with Crippen molar-refractivity contribution in [2.75, 3.05) is 5.73 Å². The van der Waals surface area contributed by atoms with Gasteiger partial charge in [0.15, 0.2) is 0 Å². The lowest BCUT2D eigenvalue weighted by Gasteiger charge is -2.23. The molecule has 20 heavy (non-hydrogen) atoms. The summed E-state index contributed by atoms with van der Waals surface area (Å²) in [6.07, 6.45) is 1.75. The third-order valence-corrected chi connectivity index (χ3v) is 3.19. The van der Waals surface area contributed by atoms with Crippen LogP contribution in [-0.2, 0) is 12.0 Å². The van der Waals surface area contributed by atoms with Gasteiger partial charge in [-0.05, 0) is 35.6 Å². The molecule has 0 aliphatic rings. The first kappa shape index (κ1) is 14.4. The molecule has 2 N–H and O–H groups in total. The molecule has 0 radical (unpaired) electrons. The minimum Gasteiger partial charge on any atom is -0.489 e. The smallest absolute Gasteiger partial charge is 0.123 e. The third-order valence-electron chi connectivity index (χ3n) is 3.19. The summed E-state index contributed by atoms with van der Waals surface area (Å²) < 4.78 is 5.99. The summed E-state index contributed by atoms with van der Waals surface area (Å²) in [5.41, 5.74) is 9.07. The molecule has 1 aromatic heterocycles. The molecule has 3 heteroatoms. The van der Waals surface area contributed by atoms with Crippen LogP contribution in [0.25, 0.3) is 0 Å². The predicted molar refractivity (Wildman–Crippen MR) is 82.9 cm³/mol. The molecule has 0 spiro atoms. The van der Waals surface area contributed by atoms with E-state index in [0.717, 1.165) is 11.3 Å². The Morgan fingerprint density at radius 2 is 1.90 bits per heavy atom. The zero-order valence-corrected chi connectivity index (χ0v) is 12.6. The van der Waals surface area contributed by atoms with E-state index in [-0.39, 0.29) is 5.41 Å². The Labute approximate surface area is 120 Å². The van der Waals surface area contributed by atoms with Gasteiger partial charge < -0.3 is 10.5 Å². The maximum atomic E-state index is 5.99. The van der Waals surface area contributed by atoms with E-state index in [2.05, 4.69) is 50.9 Å². The second-order valence-electron chi connectivity index (χ2n) is 6.13. The summed E-state index contributed by atoms with van der Waals surface area (Å²) in [6, 6.07) is 10.1. The van der Waals surface area contributed by atoms with Crippen LogP contribution in [0.4, 0.5) is 5.82 Å². The van der Waals surface area contributed by atoms with E-state index < -0.39 is 0 Å². The Morgan fingerprint density at radius 3 is 2.50 bits per heavy atom. The number of pyridine rings is 1. The van der Waals surface area contributed by atoms with Gasteiger partial charge in [-0.2, -0.15) is 0 Å². The highest BCUT2D eigenvalue weighted by atomic mass is 16.5. The number of hydrogen-bond donors (Lipinski definition) is 1. The monoisotopic (exact) mass is 270 g/mol. The molecule has 0 unspecified atom stereocenters. The van der Waals surface area contributed by atoms with Gasteiger partial charge in [-0.15, -0.1) is 0 Å². The summed E-state index contributed by atoms with van der Waals surface area (Å²) in [6.45, 7) is 9.14. The molecule has 106 valence electrons. The van der Waals surface area contributed by atoms with Gasteiger partial charge in [-0.25, -0.2) is 4.98 Å². The number of aromatic nitrogens is 1. The summed E-state index contributed by atoms with van der Waals surface area (Å²) in [4.78, 5) is 4.08. The van der Waals surface area contributed by atoms with Crippen molar-refractivity contribution in [3.63, 3.8) is 0 Å². The van der Waals surface area contributed by atoms with Crippen LogP contribution in [0.1, 0.15) is 37.5 Å². The van der Waals surface area contributed by atoms with Crippen molar-refractivity contribution in [3.05, 3.63) is 53.2 Å². The molecule has 1 heterocycles. The van der Waals surface area contributed by atoms with Crippen molar-refractivity contribution in [1.29, 1.82) is 0 Å². The highest BCUT2D eigenvalue weighted by molar-refractivity contribution is 5.41. The first-order chi connectivity index (χ1) is 9.36.